The summed E-state index contributed by atoms with van der Waals surface area (Å²) in [7, 11) is 1.94. The van der Waals surface area contributed by atoms with Crippen LogP contribution in [0.15, 0.2) is 61.4 Å². The molecule has 1 amide bonds. The van der Waals surface area contributed by atoms with Crippen molar-refractivity contribution in [2.75, 3.05) is 44.1 Å². The lowest BCUT2D eigenvalue weighted by atomic mass is 10.1. The molecule has 5 rings (SSSR count). The number of aromatic nitrogens is 3. The molecule has 0 unspecified atom stereocenters. The van der Waals surface area contributed by atoms with Gasteiger partial charge < -0.3 is 29.6 Å². The van der Waals surface area contributed by atoms with Gasteiger partial charge in [-0.15, -0.1) is 0 Å². The number of rotatable bonds is 8. The molecular weight excluding hydrogens is 596 g/mol. The second-order valence-electron chi connectivity index (χ2n) is 9.95. The Morgan fingerprint density at radius 1 is 1.21 bits per heavy atom. The van der Waals surface area contributed by atoms with Crippen LogP contribution in [0, 0.1) is 0 Å². The van der Waals surface area contributed by atoms with Gasteiger partial charge in [0.15, 0.2) is 0 Å². The minimum atomic E-state index is -3.67. The maximum Gasteiger partial charge on any atom is 0.261 e. The van der Waals surface area contributed by atoms with Crippen molar-refractivity contribution in [3.63, 3.8) is 0 Å². The minimum Gasteiger partial charge on any atom is -0.494 e. The Kier molecular flexibility index (Phi) is 9.91. The number of fused-ring (bicyclic) bond motifs is 1. The van der Waals surface area contributed by atoms with Gasteiger partial charge in [0.2, 0.25) is 11.9 Å². The van der Waals surface area contributed by atoms with Crippen LogP contribution in [0.25, 0.3) is 22.2 Å². The number of hydrogen-bond acceptors (Lipinski definition) is 9. The molecular formula is C29H33ClN6O6S. The zero-order chi connectivity index (χ0) is 31.3. The van der Waals surface area contributed by atoms with Crippen LogP contribution in [0.4, 0.5) is 17.3 Å². The number of aryl methyl sites for hydroxylation is 1. The third-order valence-electron chi connectivity index (χ3n) is 6.53. The van der Waals surface area contributed by atoms with Crippen LogP contribution in [-0.2, 0) is 22.0 Å². The van der Waals surface area contributed by atoms with Crippen LogP contribution >= 0.6 is 11.6 Å². The van der Waals surface area contributed by atoms with Gasteiger partial charge in [-0.05, 0) is 31.7 Å². The largest absolute Gasteiger partial charge is 0.494 e. The smallest absolute Gasteiger partial charge is 0.261 e. The van der Waals surface area contributed by atoms with Gasteiger partial charge in [0.05, 0.1) is 41.7 Å². The molecule has 4 aromatic rings. The molecule has 12 nitrogen and oxygen atoms in total. The molecule has 228 valence electrons. The van der Waals surface area contributed by atoms with Crippen LogP contribution in [0.2, 0.25) is 5.02 Å². The van der Waals surface area contributed by atoms with Gasteiger partial charge in [-0.3, -0.25) is 9.35 Å². The van der Waals surface area contributed by atoms with Crippen molar-refractivity contribution in [3.8, 4) is 22.8 Å². The Morgan fingerprint density at radius 2 is 1.93 bits per heavy atom. The maximum atomic E-state index is 12.2. The summed E-state index contributed by atoms with van der Waals surface area (Å²) in [5, 5.41) is 7.53. The fourth-order valence-electron chi connectivity index (χ4n) is 4.64. The van der Waals surface area contributed by atoms with E-state index in [1.165, 1.54) is 6.08 Å². The molecule has 3 heterocycles. The molecule has 14 heteroatoms. The third-order valence-corrected chi connectivity index (χ3v) is 6.81. The standard InChI is InChI=1S/C28H29ClN6O3.CH4O3S/c1-5-26(36)31-22-12-21(24(37-4)13-25(22)38-17-10-11-34(2)15-17)32-28-30-14-20(29)27(33-28)19-16-35(3)23-9-7-6-8-18(19)23;1-5(2,3)4/h5-9,12-14,16-17H,1,10-11,15H2,2-4H3,(H,31,36)(H,30,32,33);1H3,(H,2,3,4)/t17-;/m0./s1. The van der Waals surface area contributed by atoms with Crippen LogP contribution in [0.1, 0.15) is 6.42 Å². The van der Waals surface area contributed by atoms with Crippen molar-refractivity contribution in [2.24, 2.45) is 7.05 Å². The number of carbonyl (C=O) groups is 1. The molecule has 0 aliphatic carbocycles. The van der Waals surface area contributed by atoms with Crippen molar-refractivity contribution >= 4 is 55.9 Å². The highest BCUT2D eigenvalue weighted by atomic mass is 35.5. The van der Waals surface area contributed by atoms with E-state index in [4.69, 9.17) is 30.6 Å². The van der Waals surface area contributed by atoms with Gasteiger partial charge in [-0.1, -0.05) is 36.4 Å². The predicted octanol–water partition coefficient (Wildman–Crippen LogP) is 4.75. The zero-order valence-corrected chi connectivity index (χ0v) is 25.7. The molecule has 0 bridgehead atoms. The second kappa shape index (κ2) is 13.4. The van der Waals surface area contributed by atoms with E-state index in [2.05, 4.69) is 34.1 Å². The lowest BCUT2D eigenvalue weighted by Crippen LogP contribution is -2.22. The van der Waals surface area contributed by atoms with Crippen molar-refractivity contribution in [3.05, 3.63) is 66.5 Å². The Balaban J connectivity index is 0.000000782. The van der Waals surface area contributed by atoms with Crippen LogP contribution < -0.4 is 20.1 Å². The van der Waals surface area contributed by atoms with E-state index in [0.717, 1.165) is 36.0 Å². The second-order valence-corrected chi connectivity index (χ2v) is 11.8. The number of nitrogens with zero attached hydrogens (tertiary/aromatic N) is 4. The quantitative estimate of drug-likeness (QED) is 0.184. The number of halogens is 1. The van der Waals surface area contributed by atoms with Crippen molar-refractivity contribution in [1.29, 1.82) is 0 Å². The molecule has 2 aromatic heterocycles. The summed E-state index contributed by atoms with van der Waals surface area (Å²) in [5.74, 6) is 0.989. The molecule has 1 saturated heterocycles. The van der Waals surface area contributed by atoms with Gasteiger partial charge in [0, 0.05) is 48.9 Å². The highest BCUT2D eigenvalue weighted by Gasteiger charge is 2.24. The highest BCUT2D eigenvalue weighted by Crippen LogP contribution is 2.40. The summed E-state index contributed by atoms with van der Waals surface area (Å²) in [4.78, 5) is 23.5. The number of anilines is 3. The Bertz CT molecular complexity index is 1750. The van der Waals surface area contributed by atoms with Gasteiger partial charge >= 0.3 is 0 Å². The number of likely N-dealkylation sites (tertiary alicyclic amines) is 1. The summed E-state index contributed by atoms with van der Waals surface area (Å²) < 4.78 is 39.8. The number of nitrogens with one attached hydrogen (secondary N) is 2. The van der Waals surface area contributed by atoms with Crippen LogP contribution in [0.5, 0.6) is 11.5 Å². The molecule has 0 radical (unpaired) electrons. The lowest BCUT2D eigenvalue weighted by molar-refractivity contribution is -0.111. The summed E-state index contributed by atoms with van der Waals surface area (Å²) in [6.45, 7) is 5.31. The monoisotopic (exact) mass is 628 g/mol. The van der Waals surface area contributed by atoms with E-state index in [-0.39, 0.29) is 12.0 Å². The first-order chi connectivity index (χ1) is 20.4. The molecule has 0 spiro atoms. The summed E-state index contributed by atoms with van der Waals surface area (Å²) in [6.07, 6.45) is 6.39. The molecule has 1 fully saturated rings. The number of para-hydroxylation sites is 1. The number of carbonyl (C=O) groups excluding carboxylic acids is 1. The molecule has 1 aliphatic heterocycles. The Hall–Kier alpha value is -4.17. The van der Waals surface area contributed by atoms with Crippen molar-refractivity contribution < 1.29 is 27.2 Å². The van der Waals surface area contributed by atoms with Crippen LogP contribution in [0.3, 0.4) is 0 Å². The minimum absolute atomic E-state index is 0.00532. The number of hydrogen-bond donors (Lipinski definition) is 3. The average Bonchev–Trinajstić information content (AvgIpc) is 3.52. The number of benzene rings is 2. The van der Waals surface area contributed by atoms with Gasteiger partial charge in [-0.2, -0.15) is 8.42 Å². The number of likely N-dealkylation sites (N-methyl/N-ethyl adjacent to an activating group) is 1. The SMILES string of the molecule is C=CC(=O)Nc1cc(Nc2ncc(Cl)c(-c3cn(C)c4ccccc34)n2)c(OC)cc1O[C@H]1CCN(C)C1.CS(=O)(=O)O. The summed E-state index contributed by atoms with van der Waals surface area (Å²) >= 11 is 6.55. The normalized spacial score (nSPS) is 15.0. The first-order valence-electron chi connectivity index (χ1n) is 13.1. The van der Waals surface area contributed by atoms with E-state index in [9.17, 15) is 13.2 Å². The maximum absolute atomic E-state index is 12.2. The fraction of sp³-hybridized carbons (Fsp3) is 0.276. The highest BCUT2D eigenvalue weighted by molar-refractivity contribution is 7.85. The van der Waals surface area contributed by atoms with E-state index in [1.54, 1.807) is 25.4 Å². The lowest BCUT2D eigenvalue weighted by Gasteiger charge is -2.20. The van der Waals surface area contributed by atoms with Crippen molar-refractivity contribution in [2.45, 2.75) is 12.5 Å². The number of methoxy groups -OCH3 is 1. The summed E-state index contributed by atoms with van der Waals surface area (Å²) in [6, 6.07) is 11.6. The van der Waals surface area contributed by atoms with Gasteiger partial charge in [0.25, 0.3) is 10.1 Å². The fourth-order valence-corrected chi connectivity index (χ4v) is 4.84. The topological polar surface area (TPSA) is 148 Å². The van der Waals surface area contributed by atoms with E-state index < -0.39 is 10.1 Å². The third kappa shape index (κ3) is 8.23. The molecule has 3 N–H and O–H groups in total. The predicted molar refractivity (Wildman–Crippen MR) is 168 cm³/mol. The van der Waals surface area contributed by atoms with Gasteiger partial charge in [0.1, 0.15) is 17.6 Å². The van der Waals surface area contributed by atoms with E-state index >= 15 is 0 Å². The number of amides is 1. The number of ether oxygens (including phenoxy) is 2. The molecule has 1 aliphatic rings. The average molecular weight is 629 g/mol. The summed E-state index contributed by atoms with van der Waals surface area (Å²) in [5.41, 5.74) is 3.60. The molecule has 2 aromatic carbocycles. The Labute approximate surface area is 255 Å². The molecule has 1 atom stereocenters. The van der Waals surface area contributed by atoms with Gasteiger partial charge in [-0.25, -0.2) is 9.97 Å². The molecule has 43 heavy (non-hydrogen) atoms. The van der Waals surface area contributed by atoms with Crippen molar-refractivity contribution in [1.82, 2.24) is 19.4 Å². The zero-order valence-electron chi connectivity index (χ0n) is 24.2. The first kappa shape index (κ1) is 31.8. The van der Waals surface area contributed by atoms with Crippen LogP contribution in [-0.4, -0.2) is 77.9 Å². The Morgan fingerprint density at radius 3 is 2.58 bits per heavy atom. The van der Waals surface area contributed by atoms with E-state index in [1.807, 2.05) is 42.1 Å². The first-order valence-corrected chi connectivity index (χ1v) is 15.4. The van der Waals surface area contributed by atoms with E-state index in [0.29, 0.717) is 45.8 Å². The molecule has 0 saturated carbocycles.